The highest BCUT2D eigenvalue weighted by atomic mass is 16.5. The number of likely N-dealkylation sites (tertiary alicyclic amines) is 1. The molecule has 0 bridgehead atoms. The van der Waals surface area contributed by atoms with E-state index in [9.17, 15) is 4.79 Å². The molecule has 1 fully saturated rings. The van der Waals surface area contributed by atoms with Crippen LogP contribution in [0.15, 0.2) is 24.5 Å². The second-order valence-corrected chi connectivity index (χ2v) is 5.61. The molecule has 6 nitrogen and oxygen atoms in total. The van der Waals surface area contributed by atoms with Gasteiger partial charge in [-0.05, 0) is 24.6 Å². The maximum atomic E-state index is 12.6. The van der Waals surface area contributed by atoms with Gasteiger partial charge in [-0.15, -0.1) is 0 Å². The number of aromatic nitrogens is 2. The van der Waals surface area contributed by atoms with Crippen molar-refractivity contribution in [3.8, 4) is 0 Å². The van der Waals surface area contributed by atoms with Crippen LogP contribution in [-0.4, -0.2) is 60.8 Å². The summed E-state index contributed by atoms with van der Waals surface area (Å²) in [7, 11) is 1.66. The molecule has 1 N–H and O–H groups in total. The highest BCUT2D eigenvalue weighted by molar-refractivity contribution is 5.97. The zero-order chi connectivity index (χ0) is 15.4. The van der Waals surface area contributed by atoms with Gasteiger partial charge >= 0.3 is 0 Å². The topological polar surface area (TPSA) is 67.5 Å². The predicted molar refractivity (Wildman–Crippen MR) is 82.8 cm³/mol. The van der Waals surface area contributed by atoms with Crippen molar-refractivity contribution in [2.45, 2.75) is 6.42 Å². The molecule has 1 aromatic heterocycles. The predicted octanol–water partition coefficient (Wildman–Crippen LogP) is 1.69. The summed E-state index contributed by atoms with van der Waals surface area (Å²) in [5.41, 5.74) is 2.48. The lowest BCUT2D eigenvalue weighted by Crippen LogP contribution is -2.29. The Morgan fingerprint density at radius 1 is 1.45 bits per heavy atom. The first-order valence-corrected chi connectivity index (χ1v) is 7.57. The number of hydrogen-bond acceptors (Lipinski definition) is 4. The quantitative estimate of drug-likeness (QED) is 0.825. The van der Waals surface area contributed by atoms with E-state index in [1.807, 2.05) is 23.1 Å². The van der Waals surface area contributed by atoms with Crippen molar-refractivity contribution in [1.82, 2.24) is 14.9 Å². The molecule has 1 amide bonds. The Morgan fingerprint density at radius 2 is 2.36 bits per heavy atom. The summed E-state index contributed by atoms with van der Waals surface area (Å²) >= 11 is 0. The fourth-order valence-electron chi connectivity index (χ4n) is 2.80. The molecule has 1 aliphatic rings. The van der Waals surface area contributed by atoms with Gasteiger partial charge in [0.15, 0.2) is 0 Å². The van der Waals surface area contributed by atoms with Gasteiger partial charge in [-0.25, -0.2) is 4.98 Å². The van der Waals surface area contributed by atoms with Gasteiger partial charge in [0, 0.05) is 31.7 Å². The number of amides is 1. The first-order valence-electron chi connectivity index (χ1n) is 7.57. The van der Waals surface area contributed by atoms with Crippen LogP contribution in [-0.2, 0) is 9.47 Å². The zero-order valence-electron chi connectivity index (χ0n) is 12.7. The minimum Gasteiger partial charge on any atom is -0.382 e. The highest BCUT2D eigenvalue weighted by Gasteiger charge is 2.27. The summed E-state index contributed by atoms with van der Waals surface area (Å²) in [4.78, 5) is 21.7. The minimum atomic E-state index is 0.0795. The van der Waals surface area contributed by atoms with Gasteiger partial charge in [0.2, 0.25) is 0 Å². The summed E-state index contributed by atoms with van der Waals surface area (Å²) in [6.07, 6.45) is 2.63. The third-order valence-electron chi connectivity index (χ3n) is 4.03. The van der Waals surface area contributed by atoms with Crippen molar-refractivity contribution in [1.29, 1.82) is 0 Å². The second-order valence-electron chi connectivity index (χ2n) is 5.61. The average Bonchev–Trinajstić information content (AvgIpc) is 3.19. The maximum absolute atomic E-state index is 12.6. The normalized spacial score (nSPS) is 18.2. The van der Waals surface area contributed by atoms with E-state index in [1.54, 1.807) is 13.4 Å². The lowest BCUT2D eigenvalue weighted by molar-refractivity contribution is 0.0515. The van der Waals surface area contributed by atoms with Crippen LogP contribution in [0, 0.1) is 5.92 Å². The first kappa shape index (κ1) is 15.0. The van der Waals surface area contributed by atoms with E-state index in [0.717, 1.165) is 30.5 Å². The Kier molecular flexibility index (Phi) is 4.70. The number of nitrogens with one attached hydrogen (secondary N) is 1. The van der Waals surface area contributed by atoms with Crippen molar-refractivity contribution in [2.75, 3.05) is 40.0 Å². The summed E-state index contributed by atoms with van der Waals surface area (Å²) in [5, 5.41) is 0. The van der Waals surface area contributed by atoms with Crippen LogP contribution in [0.1, 0.15) is 16.8 Å². The van der Waals surface area contributed by atoms with E-state index in [2.05, 4.69) is 9.97 Å². The molecule has 3 rings (SSSR count). The molecule has 6 heteroatoms. The summed E-state index contributed by atoms with van der Waals surface area (Å²) in [6.45, 7) is 3.45. The lowest BCUT2D eigenvalue weighted by atomic mass is 10.1. The number of methoxy groups -OCH3 is 1. The highest BCUT2D eigenvalue weighted by Crippen LogP contribution is 2.20. The molecule has 1 saturated heterocycles. The van der Waals surface area contributed by atoms with Crippen molar-refractivity contribution >= 4 is 16.9 Å². The third-order valence-corrected chi connectivity index (χ3v) is 4.03. The molecule has 0 radical (unpaired) electrons. The van der Waals surface area contributed by atoms with E-state index < -0.39 is 0 Å². The van der Waals surface area contributed by atoms with Crippen LogP contribution in [0.3, 0.4) is 0 Å². The van der Waals surface area contributed by atoms with E-state index in [-0.39, 0.29) is 5.91 Å². The number of H-pyrrole nitrogens is 1. The number of hydrogen-bond donors (Lipinski definition) is 1. The van der Waals surface area contributed by atoms with Gasteiger partial charge in [-0.3, -0.25) is 4.79 Å². The molecule has 118 valence electrons. The molecule has 2 heterocycles. The standard InChI is InChI=1S/C16H21N3O3/c1-21-6-7-22-10-12-4-5-19(9-12)16(20)13-2-3-14-15(8-13)18-11-17-14/h2-3,8,11-12H,4-7,9-10H2,1H3,(H,17,18)/t12-/m0/s1. The van der Waals surface area contributed by atoms with E-state index >= 15 is 0 Å². The van der Waals surface area contributed by atoms with Crippen LogP contribution >= 0.6 is 0 Å². The number of rotatable bonds is 6. The molecule has 1 atom stereocenters. The maximum Gasteiger partial charge on any atom is 0.253 e. The number of benzene rings is 1. The Hall–Kier alpha value is -1.92. The number of nitrogens with zero attached hydrogens (tertiary/aromatic N) is 2. The van der Waals surface area contributed by atoms with Crippen molar-refractivity contribution in [3.05, 3.63) is 30.1 Å². The van der Waals surface area contributed by atoms with Crippen LogP contribution in [0.5, 0.6) is 0 Å². The van der Waals surface area contributed by atoms with Gasteiger partial charge in [-0.2, -0.15) is 0 Å². The molecule has 1 aromatic carbocycles. The van der Waals surface area contributed by atoms with E-state index in [4.69, 9.17) is 9.47 Å². The van der Waals surface area contributed by atoms with Gasteiger partial charge in [0.05, 0.1) is 37.2 Å². The monoisotopic (exact) mass is 303 g/mol. The Labute approximate surface area is 129 Å². The molecule has 0 aliphatic carbocycles. The largest absolute Gasteiger partial charge is 0.382 e. The Morgan fingerprint density at radius 3 is 3.23 bits per heavy atom. The first-order chi connectivity index (χ1) is 10.8. The summed E-state index contributed by atoms with van der Waals surface area (Å²) in [6, 6.07) is 5.58. The molecule has 0 spiro atoms. The fourth-order valence-corrected chi connectivity index (χ4v) is 2.80. The summed E-state index contributed by atoms with van der Waals surface area (Å²) < 4.78 is 10.5. The number of carbonyl (C=O) groups excluding carboxylic acids is 1. The SMILES string of the molecule is COCCOC[C@H]1CCN(C(=O)c2ccc3nc[nH]c3c2)C1. The fraction of sp³-hybridized carbons (Fsp3) is 0.500. The van der Waals surface area contributed by atoms with Crippen molar-refractivity contribution < 1.29 is 14.3 Å². The molecule has 22 heavy (non-hydrogen) atoms. The third kappa shape index (κ3) is 3.28. The molecule has 2 aromatic rings. The number of imidazole rings is 1. The molecule has 0 unspecified atom stereocenters. The number of aromatic amines is 1. The molecule has 0 saturated carbocycles. The van der Waals surface area contributed by atoms with E-state index in [0.29, 0.717) is 31.3 Å². The van der Waals surface area contributed by atoms with Crippen LogP contribution in [0.2, 0.25) is 0 Å². The van der Waals surface area contributed by atoms with Gasteiger partial charge in [0.25, 0.3) is 5.91 Å². The molecular formula is C16H21N3O3. The van der Waals surface area contributed by atoms with E-state index in [1.165, 1.54) is 0 Å². The van der Waals surface area contributed by atoms with Crippen LogP contribution in [0.4, 0.5) is 0 Å². The summed E-state index contributed by atoms with van der Waals surface area (Å²) in [5.74, 6) is 0.493. The second kappa shape index (κ2) is 6.89. The number of fused-ring (bicyclic) bond motifs is 1. The number of carbonyl (C=O) groups is 1. The van der Waals surface area contributed by atoms with Crippen molar-refractivity contribution in [3.63, 3.8) is 0 Å². The van der Waals surface area contributed by atoms with Crippen LogP contribution < -0.4 is 0 Å². The zero-order valence-corrected chi connectivity index (χ0v) is 12.7. The Balaban J connectivity index is 1.56. The van der Waals surface area contributed by atoms with Crippen LogP contribution in [0.25, 0.3) is 11.0 Å². The average molecular weight is 303 g/mol. The molecular weight excluding hydrogens is 282 g/mol. The minimum absolute atomic E-state index is 0.0795. The number of ether oxygens (including phenoxy) is 2. The Bertz CT molecular complexity index is 640. The van der Waals surface area contributed by atoms with Gasteiger partial charge < -0.3 is 19.4 Å². The molecule has 1 aliphatic heterocycles. The van der Waals surface area contributed by atoms with Gasteiger partial charge in [-0.1, -0.05) is 0 Å². The van der Waals surface area contributed by atoms with Gasteiger partial charge in [0.1, 0.15) is 0 Å². The smallest absolute Gasteiger partial charge is 0.253 e. The lowest BCUT2D eigenvalue weighted by Gasteiger charge is -2.16. The van der Waals surface area contributed by atoms with Crippen molar-refractivity contribution in [2.24, 2.45) is 5.92 Å².